The molecule has 4 heteroatoms. The summed E-state index contributed by atoms with van der Waals surface area (Å²) in [6.07, 6.45) is 0. The standard InChI is InChI=1S/C27H27NO3/c1-18(26(30)31-27(2,3)4)19-13-15-22(16-14-19)28-17-21-11-8-12-23(24(21)25(28)29)20-9-6-5-7-10-20/h5-16,18H,17H2,1-4H3. The molecule has 1 aliphatic rings. The maximum Gasteiger partial charge on any atom is 0.313 e. The molecule has 1 amide bonds. The van der Waals surface area contributed by atoms with Crippen LogP contribution in [-0.2, 0) is 16.1 Å². The van der Waals surface area contributed by atoms with Gasteiger partial charge < -0.3 is 9.64 Å². The highest BCUT2D eigenvalue weighted by atomic mass is 16.6. The molecule has 4 nitrogen and oxygen atoms in total. The summed E-state index contributed by atoms with van der Waals surface area (Å²) in [7, 11) is 0. The molecular formula is C27H27NO3. The molecule has 0 saturated heterocycles. The van der Waals surface area contributed by atoms with Crippen molar-refractivity contribution in [3.63, 3.8) is 0 Å². The van der Waals surface area contributed by atoms with Crippen LogP contribution in [0.1, 0.15) is 55.1 Å². The van der Waals surface area contributed by atoms with Gasteiger partial charge in [-0.05, 0) is 62.1 Å². The first-order valence-electron chi connectivity index (χ1n) is 10.6. The van der Waals surface area contributed by atoms with Crippen molar-refractivity contribution in [3.8, 4) is 11.1 Å². The first-order chi connectivity index (χ1) is 14.7. The van der Waals surface area contributed by atoms with Gasteiger partial charge in [-0.2, -0.15) is 0 Å². The second-order valence-corrected chi connectivity index (χ2v) is 8.94. The van der Waals surface area contributed by atoms with Crippen molar-refractivity contribution in [1.29, 1.82) is 0 Å². The van der Waals surface area contributed by atoms with Gasteiger partial charge in [0.2, 0.25) is 0 Å². The molecule has 158 valence electrons. The van der Waals surface area contributed by atoms with Crippen molar-refractivity contribution in [1.82, 2.24) is 0 Å². The van der Waals surface area contributed by atoms with Crippen LogP contribution in [-0.4, -0.2) is 17.5 Å². The zero-order valence-electron chi connectivity index (χ0n) is 18.4. The highest BCUT2D eigenvalue weighted by Gasteiger charge is 2.31. The van der Waals surface area contributed by atoms with Crippen LogP contribution in [0.3, 0.4) is 0 Å². The number of ether oxygens (including phenoxy) is 1. The molecule has 0 spiro atoms. The van der Waals surface area contributed by atoms with Crippen LogP contribution >= 0.6 is 0 Å². The summed E-state index contributed by atoms with van der Waals surface area (Å²) in [6.45, 7) is 7.96. The van der Waals surface area contributed by atoms with Crippen molar-refractivity contribution in [2.24, 2.45) is 0 Å². The molecule has 0 N–H and O–H groups in total. The summed E-state index contributed by atoms with van der Waals surface area (Å²) in [5.74, 6) is -0.621. The Labute approximate surface area is 183 Å². The third-order valence-electron chi connectivity index (χ3n) is 5.49. The van der Waals surface area contributed by atoms with E-state index >= 15 is 0 Å². The number of nitrogens with zero attached hydrogens (tertiary/aromatic N) is 1. The van der Waals surface area contributed by atoms with Crippen LogP contribution in [0, 0.1) is 0 Å². The Kier molecular flexibility index (Phi) is 5.40. The Morgan fingerprint density at radius 3 is 2.26 bits per heavy atom. The van der Waals surface area contributed by atoms with Crippen molar-refractivity contribution >= 4 is 17.6 Å². The number of amides is 1. The molecule has 3 aromatic rings. The predicted octanol–water partition coefficient (Wildman–Crippen LogP) is 5.96. The van der Waals surface area contributed by atoms with Crippen LogP contribution in [0.4, 0.5) is 5.69 Å². The maximum atomic E-state index is 13.3. The van der Waals surface area contributed by atoms with Gasteiger partial charge in [-0.15, -0.1) is 0 Å². The van der Waals surface area contributed by atoms with Crippen molar-refractivity contribution < 1.29 is 14.3 Å². The van der Waals surface area contributed by atoms with Gasteiger partial charge in [0.1, 0.15) is 5.60 Å². The monoisotopic (exact) mass is 413 g/mol. The molecule has 4 rings (SSSR count). The Bertz CT molecular complexity index is 1110. The van der Waals surface area contributed by atoms with Gasteiger partial charge in [0.15, 0.2) is 0 Å². The Balaban J connectivity index is 1.57. The van der Waals surface area contributed by atoms with E-state index in [9.17, 15) is 9.59 Å². The highest BCUT2D eigenvalue weighted by molar-refractivity contribution is 6.14. The van der Waals surface area contributed by atoms with Gasteiger partial charge >= 0.3 is 5.97 Å². The summed E-state index contributed by atoms with van der Waals surface area (Å²) < 4.78 is 5.50. The summed E-state index contributed by atoms with van der Waals surface area (Å²) in [4.78, 5) is 27.5. The summed E-state index contributed by atoms with van der Waals surface area (Å²) in [6, 6.07) is 23.6. The van der Waals surface area contributed by atoms with E-state index in [1.54, 1.807) is 4.90 Å². The van der Waals surface area contributed by atoms with Crippen molar-refractivity contribution in [2.45, 2.75) is 45.8 Å². The first kappa shape index (κ1) is 20.9. The number of benzene rings is 3. The molecule has 1 atom stereocenters. The number of carbonyl (C=O) groups excluding carboxylic acids is 2. The molecular weight excluding hydrogens is 386 g/mol. The second-order valence-electron chi connectivity index (χ2n) is 8.94. The zero-order chi connectivity index (χ0) is 22.2. The molecule has 3 aromatic carbocycles. The van der Waals surface area contributed by atoms with E-state index in [0.29, 0.717) is 6.54 Å². The van der Waals surface area contributed by atoms with Crippen LogP contribution in [0.5, 0.6) is 0 Å². The molecule has 1 heterocycles. The fourth-order valence-electron chi connectivity index (χ4n) is 3.90. The highest BCUT2D eigenvalue weighted by Crippen LogP contribution is 2.35. The minimum Gasteiger partial charge on any atom is -0.460 e. The van der Waals surface area contributed by atoms with Crippen LogP contribution in [0.15, 0.2) is 72.8 Å². The fraction of sp³-hybridized carbons (Fsp3) is 0.259. The average Bonchev–Trinajstić information content (AvgIpc) is 3.09. The number of hydrogen-bond donors (Lipinski definition) is 0. The molecule has 0 aliphatic carbocycles. The largest absolute Gasteiger partial charge is 0.460 e. The minimum atomic E-state index is -0.518. The molecule has 0 saturated carbocycles. The molecule has 1 aliphatic heterocycles. The molecule has 0 bridgehead atoms. The van der Waals surface area contributed by atoms with E-state index in [4.69, 9.17) is 4.74 Å². The molecule has 0 aromatic heterocycles. The van der Waals surface area contributed by atoms with Gasteiger partial charge in [-0.25, -0.2) is 0 Å². The summed E-state index contributed by atoms with van der Waals surface area (Å²) >= 11 is 0. The third-order valence-corrected chi connectivity index (χ3v) is 5.49. The van der Waals surface area contributed by atoms with Gasteiger partial charge in [0.25, 0.3) is 5.91 Å². The van der Waals surface area contributed by atoms with E-state index in [2.05, 4.69) is 0 Å². The van der Waals surface area contributed by atoms with Gasteiger partial charge in [-0.3, -0.25) is 9.59 Å². The normalized spacial score (nSPS) is 14.3. The summed E-state index contributed by atoms with van der Waals surface area (Å²) in [5, 5.41) is 0. The Morgan fingerprint density at radius 2 is 1.61 bits per heavy atom. The minimum absolute atomic E-state index is 0.00222. The second kappa shape index (κ2) is 8.03. The van der Waals surface area contributed by atoms with Crippen LogP contribution in [0.25, 0.3) is 11.1 Å². The van der Waals surface area contributed by atoms with E-state index < -0.39 is 5.60 Å². The molecule has 0 fully saturated rings. The van der Waals surface area contributed by atoms with E-state index in [0.717, 1.165) is 33.5 Å². The third kappa shape index (κ3) is 4.24. The first-order valence-corrected chi connectivity index (χ1v) is 10.6. The summed E-state index contributed by atoms with van der Waals surface area (Å²) in [5.41, 5.74) is 4.96. The van der Waals surface area contributed by atoms with Crippen LogP contribution < -0.4 is 4.90 Å². The lowest BCUT2D eigenvalue weighted by molar-refractivity contribution is -0.156. The topological polar surface area (TPSA) is 46.6 Å². The molecule has 1 unspecified atom stereocenters. The molecule has 0 radical (unpaired) electrons. The average molecular weight is 414 g/mol. The number of carbonyl (C=O) groups is 2. The van der Waals surface area contributed by atoms with E-state index in [-0.39, 0.29) is 17.8 Å². The Morgan fingerprint density at radius 1 is 0.935 bits per heavy atom. The van der Waals surface area contributed by atoms with Crippen LogP contribution in [0.2, 0.25) is 0 Å². The lowest BCUT2D eigenvalue weighted by Gasteiger charge is -2.23. The quantitative estimate of drug-likeness (QED) is 0.496. The van der Waals surface area contributed by atoms with Crippen molar-refractivity contribution in [2.75, 3.05) is 4.90 Å². The smallest absolute Gasteiger partial charge is 0.313 e. The predicted molar refractivity (Wildman–Crippen MR) is 123 cm³/mol. The van der Waals surface area contributed by atoms with Gasteiger partial charge in [0.05, 0.1) is 18.0 Å². The number of hydrogen-bond acceptors (Lipinski definition) is 3. The number of anilines is 1. The lowest BCUT2D eigenvalue weighted by Crippen LogP contribution is -2.27. The number of fused-ring (bicyclic) bond motifs is 1. The Hall–Kier alpha value is -3.40. The lowest BCUT2D eigenvalue weighted by atomic mass is 9.97. The fourth-order valence-corrected chi connectivity index (χ4v) is 3.90. The SMILES string of the molecule is CC(C(=O)OC(C)(C)C)c1ccc(N2Cc3cccc(-c4ccccc4)c3C2=O)cc1. The number of rotatable bonds is 4. The van der Waals surface area contributed by atoms with E-state index in [1.165, 1.54) is 0 Å². The van der Waals surface area contributed by atoms with Gasteiger partial charge in [-0.1, -0.05) is 60.7 Å². The van der Waals surface area contributed by atoms with Crippen molar-refractivity contribution in [3.05, 3.63) is 89.5 Å². The maximum absolute atomic E-state index is 13.3. The number of esters is 1. The molecule has 31 heavy (non-hydrogen) atoms. The zero-order valence-corrected chi connectivity index (χ0v) is 18.4. The van der Waals surface area contributed by atoms with Gasteiger partial charge in [0, 0.05) is 5.69 Å². The van der Waals surface area contributed by atoms with E-state index in [1.807, 2.05) is 100 Å².